The second-order valence-corrected chi connectivity index (χ2v) is 2.69. The monoisotopic (exact) mass is 151 g/mol. The summed E-state index contributed by atoms with van der Waals surface area (Å²) in [5, 5.41) is 0. The minimum absolute atomic E-state index is 0.0848. The van der Waals surface area contributed by atoms with Crippen LogP contribution in [0.1, 0.15) is 0 Å². The summed E-state index contributed by atoms with van der Waals surface area (Å²) in [4.78, 5) is 0. The van der Waals surface area contributed by atoms with Crippen molar-refractivity contribution >= 4 is 10.1 Å². The van der Waals surface area contributed by atoms with Crippen LogP contribution >= 0.6 is 0 Å². The van der Waals surface area contributed by atoms with E-state index in [1.54, 1.807) is 0 Å². The van der Waals surface area contributed by atoms with Gasteiger partial charge in [0, 0.05) is 0 Å². The highest BCUT2D eigenvalue weighted by atomic mass is 32.2. The number of hydrogen-bond acceptors (Lipinski definition) is 4. The summed E-state index contributed by atoms with van der Waals surface area (Å²) in [6, 6.07) is 0. The molecule has 0 atom stereocenters. The maximum Gasteiger partial charge on any atom is 0.137 e. The van der Waals surface area contributed by atoms with Gasteiger partial charge in [0.25, 0.3) is 0 Å². The third kappa shape index (κ3) is 7.61. The van der Waals surface area contributed by atoms with Gasteiger partial charge in [0.2, 0.25) is 0 Å². The van der Waals surface area contributed by atoms with Gasteiger partial charge in [-0.05, 0) is 0 Å². The molecule has 4 nitrogen and oxygen atoms in total. The highest BCUT2D eigenvalue weighted by Crippen LogP contribution is 1.82. The summed E-state index contributed by atoms with van der Waals surface area (Å²) >= 11 is 0. The Hall–Kier alpha value is -0.390. The lowest BCUT2D eigenvalue weighted by atomic mass is 10.7. The first-order valence-corrected chi connectivity index (χ1v) is 3.76. The van der Waals surface area contributed by atoms with Crippen LogP contribution in [0.3, 0.4) is 0 Å². The minimum Gasteiger partial charge on any atom is -0.746 e. The predicted molar refractivity (Wildman–Crippen MR) is 30.7 cm³/mol. The Kier molecular flexibility index (Phi) is 3.44. The highest BCUT2D eigenvalue weighted by Gasteiger charge is 1.90. The molecule has 0 unspecified atom stereocenters. The van der Waals surface area contributed by atoms with Crippen LogP contribution in [0.5, 0.6) is 0 Å². The fourth-order valence-electron chi connectivity index (χ4n) is 0.234. The number of rotatable bonds is 4. The van der Waals surface area contributed by atoms with E-state index < -0.39 is 16.1 Å². The van der Waals surface area contributed by atoms with Crippen molar-refractivity contribution in [2.45, 2.75) is 0 Å². The van der Waals surface area contributed by atoms with E-state index in [1.807, 2.05) is 0 Å². The molecule has 0 bridgehead atoms. The fourth-order valence-corrected chi connectivity index (χ4v) is 0.534. The molecular weight excluding hydrogens is 144 g/mol. The largest absolute Gasteiger partial charge is 0.746 e. The van der Waals surface area contributed by atoms with E-state index in [2.05, 4.69) is 11.3 Å². The van der Waals surface area contributed by atoms with Crippen LogP contribution < -0.4 is 0 Å². The lowest BCUT2D eigenvalue weighted by Crippen LogP contribution is -2.07. The summed E-state index contributed by atoms with van der Waals surface area (Å²) in [6.07, 6.45) is 1.37. The Morgan fingerprint density at radius 2 is 2.22 bits per heavy atom. The smallest absolute Gasteiger partial charge is 0.137 e. The highest BCUT2D eigenvalue weighted by molar-refractivity contribution is 7.85. The first-order chi connectivity index (χ1) is 4.06. The van der Waals surface area contributed by atoms with Gasteiger partial charge in [-0.15, -0.1) is 6.58 Å². The third-order valence-corrected chi connectivity index (χ3v) is 0.919. The number of ether oxygens (including phenoxy) is 1. The summed E-state index contributed by atoms with van der Waals surface area (Å²) in [6.45, 7) is 3.34. The molecule has 0 rings (SSSR count). The van der Waals surface area contributed by atoms with E-state index in [0.717, 1.165) is 0 Å². The Morgan fingerprint density at radius 3 is 2.56 bits per heavy atom. The van der Waals surface area contributed by atoms with Crippen molar-refractivity contribution in [3.63, 3.8) is 0 Å². The maximum atomic E-state index is 9.79. The van der Waals surface area contributed by atoms with E-state index in [9.17, 15) is 13.0 Å². The normalized spacial score (nSPS) is 11.2. The van der Waals surface area contributed by atoms with Gasteiger partial charge in [0.15, 0.2) is 0 Å². The van der Waals surface area contributed by atoms with Gasteiger partial charge in [-0.1, -0.05) is 6.08 Å². The van der Waals surface area contributed by atoms with Crippen LogP contribution in [0.15, 0.2) is 12.7 Å². The first-order valence-electron chi connectivity index (χ1n) is 2.18. The predicted octanol–water partition coefficient (Wildman–Crippen LogP) is -0.308. The van der Waals surface area contributed by atoms with Gasteiger partial charge >= 0.3 is 0 Å². The molecule has 0 amide bonds. The average Bonchev–Trinajstić information content (AvgIpc) is 1.63. The van der Waals surface area contributed by atoms with Crippen molar-refractivity contribution in [1.29, 1.82) is 0 Å². The first kappa shape index (κ1) is 8.61. The summed E-state index contributed by atoms with van der Waals surface area (Å²) in [5.74, 6) is -0.779. The Morgan fingerprint density at radius 1 is 1.67 bits per heavy atom. The molecule has 0 heterocycles. The van der Waals surface area contributed by atoms with Gasteiger partial charge in [0.1, 0.15) is 16.1 Å². The lowest BCUT2D eigenvalue weighted by molar-refractivity contribution is 0.200. The molecule has 5 heteroatoms. The Labute approximate surface area is 53.9 Å². The maximum absolute atomic E-state index is 9.79. The minimum atomic E-state index is -4.22. The van der Waals surface area contributed by atoms with Gasteiger partial charge in [0.05, 0.1) is 6.61 Å². The standard InChI is InChI=1S/C4H8O4S/c1-2-3-8-4-9(5,6)7/h2H,1,3-4H2,(H,5,6,7)/p-1. The molecule has 0 aromatic rings. The van der Waals surface area contributed by atoms with Crippen LogP contribution in [0.25, 0.3) is 0 Å². The molecule has 0 saturated carbocycles. The molecule has 0 aliphatic heterocycles. The van der Waals surface area contributed by atoms with E-state index >= 15 is 0 Å². The molecule has 0 aliphatic rings. The van der Waals surface area contributed by atoms with Gasteiger partial charge in [-0.25, -0.2) is 8.42 Å². The van der Waals surface area contributed by atoms with Crippen molar-refractivity contribution in [3.8, 4) is 0 Å². The SMILES string of the molecule is C=CCOCS(=O)(=O)[O-]. The van der Waals surface area contributed by atoms with Crippen LogP contribution in [0.2, 0.25) is 0 Å². The summed E-state index contributed by atoms with van der Waals surface area (Å²) in [5.41, 5.74) is 0. The van der Waals surface area contributed by atoms with Gasteiger partial charge in [-0.3, -0.25) is 0 Å². The molecule has 0 N–H and O–H groups in total. The molecule has 0 fully saturated rings. The fraction of sp³-hybridized carbons (Fsp3) is 0.500. The van der Waals surface area contributed by atoms with E-state index in [4.69, 9.17) is 0 Å². The molecule has 0 aromatic carbocycles. The van der Waals surface area contributed by atoms with Gasteiger partial charge in [-0.2, -0.15) is 0 Å². The van der Waals surface area contributed by atoms with E-state index in [1.165, 1.54) is 6.08 Å². The molecule has 0 saturated heterocycles. The molecular formula is C4H7O4S-. The van der Waals surface area contributed by atoms with Crippen molar-refractivity contribution in [2.75, 3.05) is 12.5 Å². The second-order valence-electron chi connectivity index (χ2n) is 1.33. The Bertz CT molecular complexity index is 169. The molecule has 9 heavy (non-hydrogen) atoms. The zero-order valence-corrected chi connectivity index (χ0v) is 5.56. The van der Waals surface area contributed by atoms with Gasteiger partial charge < -0.3 is 9.29 Å². The van der Waals surface area contributed by atoms with Crippen molar-refractivity contribution in [2.24, 2.45) is 0 Å². The second kappa shape index (κ2) is 3.60. The topological polar surface area (TPSA) is 66.4 Å². The quantitative estimate of drug-likeness (QED) is 0.314. The van der Waals surface area contributed by atoms with Crippen LogP contribution in [-0.4, -0.2) is 25.5 Å². The van der Waals surface area contributed by atoms with E-state index in [-0.39, 0.29) is 6.61 Å². The number of hydrogen-bond donors (Lipinski definition) is 0. The molecule has 0 aromatic heterocycles. The lowest BCUT2D eigenvalue weighted by Gasteiger charge is -2.04. The Balaban J connectivity index is 3.40. The van der Waals surface area contributed by atoms with Crippen molar-refractivity contribution < 1.29 is 17.7 Å². The zero-order chi connectivity index (χ0) is 7.33. The molecule has 0 radical (unpaired) electrons. The third-order valence-electron chi connectivity index (χ3n) is 0.463. The van der Waals surface area contributed by atoms with Crippen LogP contribution in [0, 0.1) is 0 Å². The van der Waals surface area contributed by atoms with Crippen molar-refractivity contribution in [3.05, 3.63) is 12.7 Å². The van der Waals surface area contributed by atoms with Crippen LogP contribution in [0.4, 0.5) is 0 Å². The molecule has 0 spiro atoms. The van der Waals surface area contributed by atoms with Crippen molar-refractivity contribution in [1.82, 2.24) is 0 Å². The van der Waals surface area contributed by atoms with E-state index in [0.29, 0.717) is 0 Å². The molecule has 0 aliphatic carbocycles. The zero-order valence-electron chi connectivity index (χ0n) is 4.74. The average molecular weight is 151 g/mol. The summed E-state index contributed by atoms with van der Waals surface area (Å²) in [7, 11) is -4.22. The van der Waals surface area contributed by atoms with Crippen LogP contribution in [-0.2, 0) is 14.9 Å². The summed E-state index contributed by atoms with van der Waals surface area (Å²) < 4.78 is 33.7. The molecule has 54 valence electrons.